The van der Waals surface area contributed by atoms with Crippen LogP contribution in [0.4, 0.5) is 15.8 Å². The van der Waals surface area contributed by atoms with Crippen LogP contribution < -0.4 is 4.72 Å². The Kier molecular flexibility index (Phi) is 4.06. The minimum atomic E-state index is -4.00. The van der Waals surface area contributed by atoms with E-state index in [1.54, 1.807) is 0 Å². The highest BCUT2D eigenvalue weighted by Gasteiger charge is 2.22. The first-order chi connectivity index (χ1) is 9.29. The Labute approximate surface area is 125 Å². The molecule has 1 heterocycles. The summed E-state index contributed by atoms with van der Waals surface area (Å²) in [6, 6.07) is 5.41. The summed E-state index contributed by atoms with van der Waals surface area (Å²) in [6.07, 6.45) is 0. The average Bonchev–Trinajstić information content (AvgIpc) is 2.75. The highest BCUT2D eigenvalue weighted by Crippen LogP contribution is 2.31. The minimum absolute atomic E-state index is 0.0389. The summed E-state index contributed by atoms with van der Waals surface area (Å²) >= 11 is 4.05. The fraction of sp³-hybridized carbons (Fsp3) is 0. The lowest BCUT2D eigenvalue weighted by Gasteiger charge is -2.06. The van der Waals surface area contributed by atoms with Gasteiger partial charge in [0.05, 0.1) is 8.71 Å². The third-order valence-electron chi connectivity index (χ3n) is 2.21. The molecular formula is C10H6BrFN2O4S2. The van der Waals surface area contributed by atoms with Crippen molar-refractivity contribution in [3.8, 4) is 0 Å². The summed E-state index contributed by atoms with van der Waals surface area (Å²) in [6.45, 7) is 0. The SMILES string of the molecule is O=[N+]([O-])c1ccc(F)cc1NS(=O)(=O)c1ccc(Br)s1. The van der Waals surface area contributed by atoms with Gasteiger partial charge in [0.1, 0.15) is 15.7 Å². The van der Waals surface area contributed by atoms with Crippen LogP contribution in [0.1, 0.15) is 0 Å². The van der Waals surface area contributed by atoms with Gasteiger partial charge in [-0.05, 0) is 34.1 Å². The number of nitro groups is 1. The van der Waals surface area contributed by atoms with E-state index in [2.05, 4.69) is 15.9 Å². The highest BCUT2D eigenvalue weighted by atomic mass is 79.9. The first-order valence-electron chi connectivity index (χ1n) is 5.02. The molecule has 0 bridgehead atoms. The Morgan fingerprint density at radius 1 is 1.30 bits per heavy atom. The standard InChI is InChI=1S/C10H6BrFN2O4S2/c11-9-3-4-10(19-9)20(17,18)13-7-5-6(12)1-2-8(7)14(15)16/h1-5,13H. The molecule has 6 nitrogen and oxygen atoms in total. The Morgan fingerprint density at radius 2 is 2.00 bits per heavy atom. The van der Waals surface area contributed by atoms with Crippen LogP contribution in [0.3, 0.4) is 0 Å². The van der Waals surface area contributed by atoms with Crippen molar-refractivity contribution in [2.75, 3.05) is 4.72 Å². The van der Waals surface area contributed by atoms with E-state index in [0.29, 0.717) is 3.79 Å². The van der Waals surface area contributed by atoms with Gasteiger partial charge in [-0.2, -0.15) is 0 Å². The van der Waals surface area contributed by atoms with E-state index in [9.17, 15) is 22.9 Å². The Balaban J connectivity index is 2.44. The predicted octanol–water partition coefficient (Wildman–Crippen LogP) is 3.36. The second-order valence-electron chi connectivity index (χ2n) is 3.58. The number of hydrogen-bond donors (Lipinski definition) is 1. The maximum Gasteiger partial charge on any atom is 0.293 e. The van der Waals surface area contributed by atoms with Gasteiger partial charge >= 0.3 is 0 Å². The van der Waals surface area contributed by atoms with E-state index in [1.807, 2.05) is 4.72 Å². The molecule has 0 amide bonds. The number of sulfonamides is 1. The highest BCUT2D eigenvalue weighted by molar-refractivity contribution is 9.11. The minimum Gasteiger partial charge on any atom is -0.272 e. The van der Waals surface area contributed by atoms with Crippen molar-refractivity contribution in [3.63, 3.8) is 0 Å². The fourth-order valence-electron chi connectivity index (χ4n) is 1.39. The maximum absolute atomic E-state index is 13.1. The van der Waals surface area contributed by atoms with Crippen molar-refractivity contribution in [1.29, 1.82) is 0 Å². The summed E-state index contributed by atoms with van der Waals surface area (Å²) in [5.41, 5.74) is -0.940. The van der Waals surface area contributed by atoms with Crippen molar-refractivity contribution in [2.24, 2.45) is 0 Å². The summed E-state index contributed by atoms with van der Waals surface area (Å²) in [5.74, 6) is -0.777. The molecule has 1 aromatic heterocycles. The number of nitrogens with one attached hydrogen (secondary N) is 1. The average molecular weight is 381 g/mol. The van der Waals surface area contributed by atoms with E-state index < -0.39 is 32.1 Å². The third-order valence-corrected chi connectivity index (χ3v) is 5.69. The van der Waals surface area contributed by atoms with Crippen molar-refractivity contribution in [3.05, 3.63) is 50.0 Å². The Morgan fingerprint density at radius 3 is 2.55 bits per heavy atom. The summed E-state index contributed by atoms with van der Waals surface area (Å²) < 4.78 is 39.8. The molecule has 106 valence electrons. The number of anilines is 1. The summed E-state index contributed by atoms with van der Waals surface area (Å²) in [4.78, 5) is 10.0. The zero-order chi connectivity index (χ0) is 14.9. The lowest BCUT2D eigenvalue weighted by atomic mass is 10.3. The molecular weight excluding hydrogens is 375 g/mol. The van der Waals surface area contributed by atoms with Crippen LogP contribution in [0.5, 0.6) is 0 Å². The largest absolute Gasteiger partial charge is 0.293 e. The van der Waals surface area contributed by atoms with Crippen molar-refractivity contribution in [1.82, 2.24) is 0 Å². The first kappa shape index (κ1) is 14.9. The molecule has 0 aliphatic carbocycles. The topological polar surface area (TPSA) is 89.3 Å². The molecule has 20 heavy (non-hydrogen) atoms. The number of benzene rings is 1. The quantitative estimate of drug-likeness (QED) is 0.650. The zero-order valence-corrected chi connectivity index (χ0v) is 12.8. The first-order valence-corrected chi connectivity index (χ1v) is 8.11. The van der Waals surface area contributed by atoms with Crippen LogP contribution in [0.15, 0.2) is 38.3 Å². The molecule has 1 aromatic carbocycles. The molecule has 0 aliphatic rings. The van der Waals surface area contributed by atoms with E-state index >= 15 is 0 Å². The fourth-order valence-corrected chi connectivity index (χ4v) is 4.46. The third kappa shape index (κ3) is 3.14. The molecule has 2 rings (SSSR count). The second kappa shape index (κ2) is 5.46. The molecule has 0 saturated carbocycles. The van der Waals surface area contributed by atoms with Gasteiger partial charge in [0.2, 0.25) is 0 Å². The molecule has 0 aliphatic heterocycles. The van der Waals surface area contributed by atoms with Gasteiger partial charge < -0.3 is 0 Å². The molecule has 0 fully saturated rings. The van der Waals surface area contributed by atoms with Gasteiger partial charge in [-0.15, -0.1) is 11.3 Å². The van der Waals surface area contributed by atoms with Crippen LogP contribution in [-0.4, -0.2) is 13.3 Å². The molecule has 0 unspecified atom stereocenters. The normalized spacial score (nSPS) is 11.3. The van der Waals surface area contributed by atoms with Gasteiger partial charge in [-0.25, -0.2) is 12.8 Å². The van der Waals surface area contributed by atoms with Gasteiger partial charge in [-0.3, -0.25) is 14.8 Å². The van der Waals surface area contributed by atoms with E-state index in [1.165, 1.54) is 12.1 Å². The zero-order valence-electron chi connectivity index (χ0n) is 9.54. The molecule has 10 heteroatoms. The molecule has 0 saturated heterocycles. The van der Waals surface area contributed by atoms with Gasteiger partial charge in [0.25, 0.3) is 15.7 Å². The van der Waals surface area contributed by atoms with Crippen LogP contribution in [0.2, 0.25) is 0 Å². The Hall–Kier alpha value is -1.52. The van der Waals surface area contributed by atoms with Crippen LogP contribution in [0.25, 0.3) is 0 Å². The number of hydrogen-bond acceptors (Lipinski definition) is 5. The predicted molar refractivity (Wildman–Crippen MR) is 75.9 cm³/mol. The summed E-state index contributed by atoms with van der Waals surface area (Å²) in [5, 5.41) is 10.8. The van der Waals surface area contributed by atoms with Crippen LogP contribution in [0, 0.1) is 15.9 Å². The number of nitrogens with zero attached hydrogens (tertiary/aromatic N) is 1. The Bertz CT molecular complexity index is 775. The lowest BCUT2D eigenvalue weighted by molar-refractivity contribution is -0.383. The monoisotopic (exact) mass is 380 g/mol. The van der Waals surface area contributed by atoms with E-state index in [4.69, 9.17) is 0 Å². The molecule has 0 spiro atoms. The number of nitro benzene ring substituents is 1. The smallest absolute Gasteiger partial charge is 0.272 e. The number of halogens is 2. The van der Waals surface area contributed by atoms with Crippen molar-refractivity contribution in [2.45, 2.75) is 4.21 Å². The molecule has 0 radical (unpaired) electrons. The maximum atomic E-state index is 13.1. The van der Waals surface area contributed by atoms with Gasteiger partial charge in [0, 0.05) is 12.1 Å². The molecule has 2 aromatic rings. The van der Waals surface area contributed by atoms with E-state index in [-0.39, 0.29) is 4.21 Å². The second-order valence-corrected chi connectivity index (χ2v) is 7.95. The summed E-state index contributed by atoms with van der Waals surface area (Å²) in [7, 11) is -4.00. The van der Waals surface area contributed by atoms with Crippen molar-refractivity contribution >= 4 is 48.7 Å². The lowest BCUT2D eigenvalue weighted by Crippen LogP contribution is -2.13. The van der Waals surface area contributed by atoms with Crippen LogP contribution in [-0.2, 0) is 10.0 Å². The molecule has 1 N–H and O–H groups in total. The van der Waals surface area contributed by atoms with Crippen LogP contribution >= 0.6 is 27.3 Å². The van der Waals surface area contributed by atoms with Gasteiger partial charge in [-0.1, -0.05) is 0 Å². The number of rotatable bonds is 4. The van der Waals surface area contributed by atoms with Crippen molar-refractivity contribution < 1.29 is 17.7 Å². The van der Waals surface area contributed by atoms with E-state index in [0.717, 1.165) is 29.5 Å². The molecule has 0 atom stereocenters. The number of thiophene rings is 1. The van der Waals surface area contributed by atoms with Gasteiger partial charge in [0.15, 0.2) is 0 Å².